The molecule has 0 aromatic rings. The maximum absolute atomic E-state index is 12.0. The molecule has 0 saturated carbocycles. The second-order valence-corrected chi connectivity index (χ2v) is 6.83. The van der Waals surface area contributed by atoms with Crippen molar-refractivity contribution in [1.29, 1.82) is 0 Å². The molecule has 2 fully saturated rings. The Kier molecular flexibility index (Phi) is 3.33. The summed E-state index contributed by atoms with van der Waals surface area (Å²) in [5.74, 6) is -1.33. The number of allylic oxidation sites excluding steroid dienone is 1. The number of carbonyl (C=O) groups excluding carboxylic acids is 2. The number of hydrazine groups is 1. The number of rotatable bonds is 2. The molecule has 3 rings (SSSR count). The zero-order chi connectivity index (χ0) is 15.4. The van der Waals surface area contributed by atoms with E-state index in [9.17, 15) is 14.7 Å². The van der Waals surface area contributed by atoms with Gasteiger partial charge in [0.15, 0.2) is 6.04 Å². The summed E-state index contributed by atoms with van der Waals surface area (Å²) in [5, 5.41) is 14.2. The summed E-state index contributed by atoms with van der Waals surface area (Å²) in [5.41, 5.74) is 0.182. The van der Waals surface area contributed by atoms with Crippen molar-refractivity contribution in [3.63, 3.8) is 0 Å². The largest absolute Gasteiger partial charge is 0.391 e. The molecule has 3 heterocycles. The van der Waals surface area contributed by atoms with Crippen LogP contribution in [0.1, 0.15) is 40.0 Å². The van der Waals surface area contributed by atoms with Crippen LogP contribution in [0.25, 0.3) is 0 Å². The molecule has 0 unspecified atom stereocenters. The predicted octanol–water partition coefficient (Wildman–Crippen LogP) is 0.814. The Morgan fingerprint density at radius 3 is 2.71 bits per heavy atom. The van der Waals surface area contributed by atoms with Gasteiger partial charge in [0.2, 0.25) is 0 Å². The van der Waals surface area contributed by atoms with E-state index in [2.05, 4.69) is 0 Å². The lowest BCUT2D eigenvalue weighted by Gasteiger charge is -2.44. The number of cyclic esters (lactones) is 2. The molecule has 0 aromatic heterocycles. The van der Waals surface area contributed by atoms with Crippen molar-refractivity contribution < 1.29 is 19.4 Å². The molecular formula is C15H22N2O4. The van der Waals surface area contributed by atoms with Crippen LogP contribution in [0.3, 0.4) is 0 Å². The monoisotopic (exact) mass is 294 g/mol. The highest BCUT2D eigenvalue weighted by atomic mass is 16.6. The number of fused-ring (bicyclic) bond motifs is 1. The SMILES string of the molecule is CC1=CN(N2CCC[C@H]2C(C)(C)O)[C@@H]2C(=O)OC(=O)[C@@H]2C1. The van der Waals surface area contributed by atoms with Gasteiger partial charge in [0, 0.05) is 12.7 Å². The molecule has 3 aliphatic rings. The molecular weight excluding hydrogens is 272 g/mol. The number of hydrogen-bond donors (Lipinski definition) is 1. The lowest BCUT2D eigenvalue weighted by Crippen LogP contribution is -2.58. The van der Waals surface area contributed by atoms with Crippen LogP contribution in [-0.2, 0) is 14.3 Å². The van der Waals surface area contributed by atoms with Gasteiger partial charge in [0.05, 0.1) is 17.6 Å². The molecule has 0 aliphatic carbocycles. The number of aliphatic hydroxyl groups is 1. The first-order chi connectivity index (χ1) is 9.79. The lowest BCUT2D eigenvalue weighted by atomic mass is 9.91. The predicted molar refractivity (Wildman–Crippen MR) is 74.6 cm³/mol. The van der Waals surface area contributed by atoms with Gasteiger partial charge in [0.1, 0.15) is 0 Å². The molecule has 3 aliphatic heterocycles. The normalized spacial score (nSPS) is 34.0. The third kappa shape index (κ3) is 2.36. The third-order valence-corrected chi connectivity index (χ3v) is 4.64. The highest BCUT2D eigenvalue weighted by Gasteiger charge is 2.52. The van der Waals surface area contributed by atoms with E-state index in [4.69, 9.17) is 4.74 Å². The minimum Gasteiger partial charge on any atom is -0.391 e. The maximum Gasteiger partial charge on any atom is 0.338 e. The Labute approximate surface area is 124 Å². The van der Waals surface area contributed by atoms with E-state index >= 15 is 0 Å². The molecule has 3 atom stereocenters. The molecule has 0 radical (unpaired) electrons. The minimum atomic E-state index is -0.863. The van der Waals surface area contributed by atoms with Gasteiger partial charge in [-0.1, -0.05) is 5.57 Å². The highest BCUT2D eigenvalue weighted by Crippen LogP contribution is 2.37. The zero-order valence-corrected chi connectivity index (χ0v) is 12.7. The molecule has 1 N–H and O–H groups in total. The smallest absolute Gasteiger partial charge is 0.338 e. The van der Waals surface area contributed by atoms with Crippen molar-refractivity contribution in [3.05, 3.63) is 11.8 Å². The molecule has 0 amide bonds. The lowest BCUT2D eigenvalue weighted by molar-refractivity contribution is -0.157. The van der Waals surface area contributed by atoms with Crippen LogP contribution in [0.4, 0.5) is 0 Å². The molecule has 0 aromatic carbocycles. The number of esters is 2. The van der Waals surface area contributed by atoms with Gasteiger partial charge in [-0.25, -0.2) is 9.80 Å². The molecule has 116 valence electrons. The quantitative estimate of drug-likeness (QED) is 0.600. The van der Waals surface area contributed by atoms with Crippen LogP contribution in [0.5, 0.6) is 0 Å². The Morgan fingerprint density at radius 1 is 1.33 bits per heavy atom. The van der Waals surface area contributed by atoms with Crippen molar-refractivity contribution in [1.82, 2.24) is 10.0 Å². The molecule has 2 saturated heterocycles. The van der Waals surface area contributed by atoms with Crippen LogP contribution in [-0.4, -0.2) is 51.3 Å². The van der Waals surface area contributed by atoms with Crippen LogP contribution in [0, 0.1) is 5.92 Å². The van der Waals surface area contributed by atoms with E-state index in [1.54, 1.807) is 13.8 Å². The van der Waals surface area contributed by atoms with Gasteiger partial charge in [-0.05, 0) is 40.0 Å². The van der Waals surface area contributed by atoms with Gasteiger partial charge < -0.3 is 9.84 Å². The van der Waals surface area contributed by atoms with E-state index in [1.807, 2.05) is 23.1 Å². The summed E-state index contributed by atoms with van der Waals surface area (Å²) in [6.07, 6.45) is 4.31. The van der Waals surface area contributed by atoms with Crippen molar-refractivity contribution in [3.8, 4) is 0 Å². The van der Waals surface area contributed by atoms with Gasteiger partial charge in [-0.2, -0.15) is 0 Å². The molecule has 0 spiro atoms. The summed E-state index contributed by atoms with van der Waals surface area (Å²) >= 11 is 0. The minimum absolute atomic E-state index is 0.0659. The van der Waals surface area contributed by atoms with Gasteiger partial charge >= 0.3 is 11.9 Å². The summed E-state index contributed by atoms with van der Waals surface area (Å²) in [7, 11) is 0. The first-order valence-corrected chi connectivity index (χ1v) is 7.49. The Morgan fingerprint density at radius 2 is 2.05 bits per heavy atom. The van der Waals surface area contributed by atoms with Crippen molar-refractivity contribution in [2.45, 2.75) is 57.7 Å². The number of carbonyl (C=O) groups is 2. The summed E-state index contributed by atoms with van der Waals surface area (Å²) < 4.78 is 4.83. The topological polar surface area (TPSA) is 70.1 Å². The number of ether oxygens (including phenoxy) is 1. The van der Waals surface area contributed by atoms with E-state index in [0.29, 0.717) is 6.42 Å². The number of nitrogens with zero attached hydrogens (tertiary/aromatic N) is 2. The third-order valence-electron chi connectivity index (χ3n) is 4.64. The van der Waals surface area contributed by atoms with Crippen molar-refractivity contribution in [2.75, 3.05) is 6.54 Å². The highest BCUT2D eigenvalue weighted by molar-refractivity contribution is 5.99. The first-order valence-electron chi connectivity index (χ1n) is 7.49. The summed E-state index contributed by atoms with van der Waals surface area (Å²) in [4.78, 5) is 23.9. The van der Waals surface area contributed by atoms with E-state index < -0.39 is 29.5 Å². The molecule has 0 bridgehead atoms. The second kappa shape index (κ2) is 4.81. The average molecular weight is 294 g/mol. The Bertz CT molecular complexity index is 508. The maximum atomic E-state index is 12.0. The van der Waals surface area contributed by atoms with Gasteiger partial charge in [0.25, 0.3) is 0 Å². The Balaban J connectivity index is 1.94. The average Bonchev–Trinajstić information content (AvgIpc) is 2.94. The van der Waals surface area contributed by atoms with Crippen molar-refractivity contribution >= 4 is 11.9 Å². The number of hydrogen-bond acceptors (Lipinski definition) is 6. The Hall–Kier alpha value is -1.40. The summed E-state index contributed by atoms with van der Waals surface area (Å²) in [6, 6.07) is -0.645. The molecule has 6 nitrogen and oxygen atoms in total. The fraction of sp³-hybridized carbons (Fsp3) is 0.733. The van der Waals surface area contributed by atoms with Crippen LogP contribution in [0.2, 0.25) is 0 Å². The second-order valence-electron chi connectivity index (χ2n) is 6.83. The summed E-state index contributed by atoms with van der Waals surface area (Å²) in [6.45, 7) is 6.29. The van der Waals surface area contributed by atoms with Crippen LogP contribution < -0.4 is 0 Å². The van der Waals surface area contributed by atoms with Crippen molar-refractivity contribution in [2.24, 2.45) is 5.92 Å². The van der Waals surface area contributed by atoms with E-state index in [1.165, 1.54) is 0 Å². The van der Waals surface area contributed by atoms with Crippen LogP contribution in [0.15, 0.2) is 11.8 Å². The van der Waals surface area contributed by atoms with E-state index in [0.717, 1.165) is 25.0 Å². The fourth-order valence-corrected chi connectivity index (χ4v) is 3.70. The van der Waals surface area contributed by atoms with Gasteiger partial charge in [-0.15, -0.1) is 0 Å². The van der Waals surface area contributed by atoms with Crippen LogP contribution >= 0.6 is 0 Å². The zero-order valence-electron chi connectivity index (χ0n) is 12.7. The van der Waals surface area contributed by atoms with Gasteiger partial charge in [-0.3, -0.25) is 9.80 Å². The first kappa shape index (κ1) is 14.5. The molecule has 6 heteroatoms. The molecule has 21 heavy (non-hydrogen) atoms. The van der Waals surface area contributed by atoms with E-state index in [-0.39, 0.29) is 6.04 Å². The fourth-order valence-electron chi connectivity index (χ4n) is 3.70. The standard InChI is InChI=1S/C15H22N2O4/c1-9-7-10-12(14(19)21-13(10)18)17(8-9)16-6-4-5-11(16)15(2,3)20/h8,10-12,20H,4-7H2,1-3H3/t10-,11+,12+/m1/s1.